The van der Waals surface area contributed by atoms with Crippen molar-refractivity contribution in [2.75, 3.05) is 5.32 Å². The lowest BCUT2D eigenvalue weighted by molar-refractivity contribution is -0.117. The van der Waals surface area contributed by atoms with Gasteiger partial charge in [0.2, 0.25) is 5.91 Å². The zero-order valence-corrected chi connectivity index (χ0v) is 13.3. The molecule has 1 aromatic carbocycles. The standard InChI is InChI=1S/C19H16N4O/c1-23-16(15-5-3-2-4-13(15)10-20)8-14-9-18(21-11-17(14)23)22-19(24)12-6-7-12/h2-5,8-9,11-12H,6-7H2,1H3,(H,21,22,24). The molecule has 118 valence electrons. The van der Waals surface area contributed by atoms with Crippen LogP contribution in [0.15, 0.2) is 42.6 Å². The predicted molar refractivity (Wildman–Crippen MR) is 92.2 cm³/mol. The van der Waals surface area contributed by atoms with Gasteiger partial charge in [-0.15, -0.1) is 0 Å². The van der Waals surface area contributed by atoms with Crippen molar-refractivity contribution in [3.8, 4) is 17.3 Å². The van der Waals surface area contributed by atoms with Crippen LogP contribution in [0.1, 0.15) is 18.4 Å². The second-order valence-electron chi connectivity index (χ2n) is 6.14. The molecular formula is C19H16N4O. The normalized spacial score (nSPS) is 13.7. The van der Waals surface area contributed by atoms with Crippen molar-refractivity contribution in [2.45, 2.75) is 12.8 Å². The first-order chi connectivity index (χ1) is 11.7. The van der Waals surface area contributed by atoms with Gasteiger partial charge in [-0.1, -0.05) is 18.2 Å². The molecule has 5 nitrogen and oxygen atoms in total. The summed E-state index contributed by atoms with van der Waals surface area (Å²) in [7, 11) is 1.95. The van der Waals surface area contributed by atoms with Crippen molar-refractivity contribution in [2.24, 2.45) is 13.0 Å². The van der Waals surface area contributed by atoms with Crippen LogP contribution in [-0.4, -0.2) is 15.5 Å². The van der Waals surface area contributed by atoms with Crippen LogP contribution in [0.3, 0.4) is 0 Å². The van der Waals surface area contributed by atoms with Gasteiger partial charge in [0.25, 0.3) is 0 Å². The molecule has 0 saturated heterocycles. The zero-order valence-electron chi connectivity index (χ0n) is 13.3. The van der Waals surface area contributed by atoms with E-state index in [1.54, 1.807) is 6.20 Å². The Balaban J connectivity index is 1.77. The van der Waals surface area contributed by atoms with Gasteiger partial charge in [0.1, 0.15) is 5.82 Å². The summed E-state index contributed by atoms with van der Waals surface area (Å²) >= 11 is 0. The monoisotopic (exact) mass is 316 g/mol. The number of rotatable bonds is 3. The first kappa shape index (κ1) is 14.5. The number of fused-ring (bicyclic) bond motifs is 1. The maximum atomic E-state index is 11.9. The molecule has 0 atom stereocenters. The number of hydrogen-bond acceptors (Lipinski definition) is 3. The average Bonchev–Trinajstić information content (AvgIpc) is 3.40. The summed E-state index contributed by atoms with van der Waals surface area (Å²) in [5, 5.41) is 13.2. The van der Waals surface area contributed by atoms with Gasteiger partial charge >= 0.3 is 0 Å². The van der Waals surface area contributed by atoms with Crippen LogP contribution in [0.4, 0.5) is 5.82 Å². The molecule has 1 fully saturated rings. The van der Waals surface area contributed by atoms with Crippen LogP contribution in [0.5, 0.6) is 0 Å². The Kier molecular flexibility index (Phi) is 3.31. The van der Waals surface area contributed by atoms with Crippen LogP contribution in [0.2, 0.25) is 0 Å². The molecule has 2 heterocycles. The van der Waals surface area contributed by atoms with E-state index in [2.05, 4.69) is 16.4 Å². The van der Waals surface area contributed by atoms with Crippen LogP contribution in [0.25, 0.3) is 22.2 Å². The maximum absolute atomic E-state index is 11.9. The first-order valence-electron chi connectivity index (χ1n) is 7.93. The van der Waals surface area contributed by atoms with Crippen molar-refractivity contribution in [1.82, 2.24) is 9.55 Å². The Labute approximate surface area is 139 Å². The number of carbonyl (C=O) groups excluding carboxylic acids is 1. The molecule has 24 heavy (non-hydrogen) atoms. The smallest absolute Gasteiger partial charge is 0.228 e. The average molecular weight is 316 g/mol. The lowest BCUT2D eigenvalue weighted by Crippen LogP contribution is -2.14. The molecule has 4 rings (SSSR count). The number of nitriles is 1. The van der Waals surface area contributed by atoms with Gasteiger partial charge in [-0.05, 0) is 31.0 Å². The minimum absolute atomic E-state index is 0.0489. The third-order valence-electron chi connectivity index (χ3n) is 4.45. The highest BCUT2D eigenvalue weighted by Gasteiger charge is 2.29. The van der Waals surface area contributed by atoms with Crippen molar-refractivity contribution in [1.29, 1.82) is 5.26 Å². The molecule has 0 radical (unpaired) electrons. The van der Waals surface area contributed by atoms with Crippen LogP contribution >= 0.6 is 0 Å². The van der Waals surface area contributed by atoms with E-state index in [1.165, 1.54) is 0 Å². The summed E-state index contributed by atoms with van der Waals surface area (Å²) in [5.74, 6) is 0.772. The van der Waals surface area contributed by atoms with E-state index in [0.717, 1.165) is 35.0 Å². The van der Waals surface area contributed by atoms with E-state index in [4.69, 9.17) is 0 Å². The quantitative estimate of drug-likeness (QED) is 0.804. The zero-order chi connectivity index (χ0) is 16.7. The summed E-state index contributed by atoms with van der Waals surface area (Å²) in [6.07, 6.45) is 3.69. The number of benzene rings is 1. The Hall–Kier alpha value is -3.13. The molecule has 1 aliphatic rings. The van der Waals surface area contributed by atoms with Gasteiger partial charge in [0.15, 0.2) is 0 Å². The highest BCUT2D eigenvalue weighted by molar-refractivity contribution is 5.96. The van der Waals surface area contributed by atoms with Crippen molar-refractivity contribution in [3.05, 3.63) is 48.2 Å². The fourth-order valence-corrected chi connectivity index (χ4v) is 2.94. The van der Waals surface area contributed by atoms with E-state index in [1.807, 2.05) is 48.0 Å². The number of aromatic nitrogens is 2. The van der Waals surface area contributed by atoms with Gasteiger partial charge in [-0.25, -0.2) is 4.98 Å². The molecule has 1 aliphatic carbocycles. The van der Waals surface area contributed by atoms with Gasteiger partial charge < -0.3 is 9.88 Å². The molecule has 5 heteroatoms. The van der Waals surface area contributed by atoms with E-state index < -0.39 is 0 Å². The Morgan fingerprint density at radius 1 is 1.33 bits per heavy atom. The van der Waals surface area contributed by atoms with Crippen LogP contribution in [-0.2, 0) is 11.8 Å². The Morgan fingerprint density at radius 2 is 2.12 bits per heavy atom. The van der Waals surface area contributed by atoms with Gasteiger partial charge in [0, 0.05) is 23.9 Å². The highest BCUT2D eigenvalue weighted by Crippen LogP contribution is 2.32. The molecule has 2 aromatic heterocycles. The van der Waals surface area contributed by atoms with Gasteiger partial charge in [-0.2, -0.15) is 5.26 Å². The number of nitrogens with zero attached hydrogens (tertiary/aromatic N) is 3. The fraction of sp³-hybridized carbons (Fsp3) is 0.211. The predicted octanol–water partition coefficient (Wildman–Crippen LogP) is 3.46. The molecule has 0 bridgehead atoms. The molecule has 1 saturated carbocycles. The minimum atomic E-state index is 0.0489. The second kappa shape index (κ2) is 5.50. The third kappa shape index (κ3) is 2.42. The van der Waals surface area contributed by atoms with Gasteiger partial charge in [0.05, 0.1) is 29.0 Å². The third-order valence-corrected chi connectivity index (χ3v) is 4.45. The number of aryl methyl sites for hydroxylation is 1. The summed E-state index contributed by atoms with van der Waals surface area (Å²) in [5.41, 5.74) is 3.44. The number of amides is 1. The van der Waals surface area contributed by atoms with Crippen molar-refractivity contribution >= 4 is 22.6 Å². The lowest BCUT2D eigenvalue weighted by atomic mass is 10.1. The van der Waals surface area contributed by atoms with E-state index in [0.29, 0.717) is 11.4 Å². The number of anilines is 1. The molecule has 1 amide bonds. The van der Waals surface area contributed by atoms with Gasteiger partial charge in [-0.3, -0.25) is 4.79 Å². The number of nitrogens with one attached hydrogen (secondary N) is 1. The Bertz CT molecular complexity index is 992. The molecule has 0 unspecified atom stereocenters. The van der Waals surface area contributed by atoms with E-state index in [-0.39, 0.29) is 11.8 Å². The summed E-state index contributed by atoms with van der Waals surface area (Å²) in [6.45, 7) is 0. The molecular weight excluding hydrogens is 300 g/mol. The minimum Gasteiger partial charge on any atom is -0.342 e. The number of carbonyl (C=O) groups is 1. The number of pyridine rings is 1. The maximum Gasteiger partial charge on any atom is 0.228 e. The summed E-state index contributed by atoms with van der Waals surface area (Å²) < 4.78 is 2.02. The summed E-state index contributed by atoms with van der Waals surface area (Å²) in [6, 6.07) is 13.7. The molecule has 0 aliphatic heterocycles. The molecule has 3 aromatic rings. The fourth-order valence-electron chi connectivity index (χ4n) is 2.94. The van der Waals surface area contributed by atoms with Crippen molar-refractivity contribution < 1.29 is 4.79 Å². The summed E-state index contributed by atoms with van der Waals surface area (Å²) in [4.78, 5) is 16.2. The van der Waals surface area contributed by atoms with Crippen LogP contribution in [0, 0.1) is 17.2 Å². The highest BCUT2D eigenvalue weighted by atomic mass is 16.2. The van der Waals surface area contributed by atoms with Crippen molar-refractivity contribution in [3.63, 3.8) is 0 Å². The van der Waals surface area contributed by atoms with E-state index in [9.17, 15) is 10.1 Å². The SMILES string of the molecule is Cn1c(-c2ccccc2C#N)cc2cc(NC(=O)C3CC3)ncc21. The lowest BCUT2D eigenvalue weighted by Gasteiger charge is -2.06. The Morgan fingerprint density at radius 3 is 2.88 bits per heavy atom. The second-order valence-corrected chi connectivity index (χ2v) is 6.14. The largest absolute Gasteiger partial charge is 0.342 e. The topological polar surface area (TPSA) is 70.7 Å². The molecule has 0 spiro atoms. The first-order valence-corrected chi connectivity index (χ1v) is 7.93. The van der Waals surface area contributed by atoms with Crippen LogP contribution < -0.4 is 5.32 Å². The number of hydrogen-bond donors (Lipinski definition) is 1. The molecule has 1 N–H and O–H groups in total. The van der Waals surface area contributed by atoms with E-state index >= 15 is 0 Å².